The lowest BCUT2D eigenvalue weighted by Gasteiger charge is -2.33. The minimum absolute atomic E-state index is 0.213. The van der Waals surface area contributed by atoms with Crippen LogP contribution < -0.4 is 4.90 Å². The Labute approximate surface area is 133 Å². The number of amides is 1. The number of fused-ring (bicyclic) bond motifs is 1. The van der Waals surface area contributed by atoms with Gasteiger partial charge in [-0.25, -0.2) is 19.3 Å². The summed E-state index contributed by atoms with van der Waals surface area (Å²) in [5, 5.41) is 0. The highest BCUT2D eigenvalue weighted by molar-refractivity contribution is 5.92. The van der Waals surface area contributed by atoms with E-state index in [2.05, 4.69) is 19.9 Å². The van der Waals surface area contributed by atoms with E-state index >= 15 is 0 Å². The number of pyridine rings is 1. The van der Waals surface area contributed by atoms with Gasteiger partial charge in [-0.05, 0) is 25.5 Å². The van der Waals surface area contributed by atoms with E-state index in [4.69, 9.17) is 0 Å². The molecule has 1 saturated heterocycles. The van der Waals surface area contributed by atoms with Crippen molar-refractivity contribution in [2.24, 2.45) is 0 Å². The zero-order valence-corrected chi connectivity index (χ0v) is 12.8. The normalized spacial score (nSPS) is 16.3. The van der Waals surface area contributed by atoms with Crippen molar-refractivity contribution in [3.05, 3.63) is 46.9 Å². The van der Waals surface area contributed by atoms with Gasteiger partial charge < -0.3 is 9.80 Å². The van der Waals surface area contributed by atoms with Gasteiger partial charge in [0.15, 0.2) is 0 Å². The van der Waals surface area contributed by atoms with Gasteiger partial charge in [0.2, 0.25) is 0 Å². The molecule has 0 aliphatic carbocycles. The molecule has 2 aromatic rings. The number of halogens is 1. The highest BCUT2D eigenvalue weighted by atomic mass is 19.1. The summed E-state index contributed by atoms with van der Waals surface area (Å²) < 4.78 is 13.0. The molecule has 1 fully saturated rings. The fourth-order valence-corrected chi connectivity index (χ4v) is 2.96. The van der Waals surface area contributed by atoms with Gasteiger partial charge in [0.25, 0.3) is 5.91 Å². The van der Waals surface area contributed by atoms with E-state index in [0.717, 1.165) is 42.2 Å². The van der Waals surface area contributed by atoms with Crippen molar-refractivity contribution in [3.63, 3.8) is 0 Å². The number of carbonyl (C=O) groups is 1. The molecular weight excluding hydrogens is 297 g/mol. The second-order valence-electron chi connectivity index (χ2n) is 5.88. The Bertz CT molecular complexity index is 773. The fraction of sp³-hybridized carbons (Fsp3) is 0.375. The van der Waals surface area contributed by atoms with Crippen LogP contribution in [0.2, 0.25) is 0 Å². The summed E-state index contributed by atoms with van der Waals surface area (Å²) in [6, 6.07) is 2.66. The number of aryl methyl sites for hydroxylation is 1. The number of carbonyl (C=O) groups excluding carboxylic acids is 1. The first kappa shape index (κ1) is 14.0. The van der Waals surface area contributed by atoms with Crippen LogP contribution >= 0.6 is 0 Å². The minimum Gasteiger partial charge on any atom is -0.356 e. The third kappa shape index (κ3) is 2.42. The van der Waals surface area contributed by atoms with Crippen LogP contribution in [0.1, 0.15) is 34.0 Å². The van der Waals surface area contributed by atoms with Gasteiger partial charge in [0, 0.05) is 18.7 Å². The van der Waals surface area contributed by atoms with Gasteiger partial charge in [0.1, 0.15) is 23.2 Å². The van der Waals surface area contributed by atoms with Crippen molar-refractivity contribution >= 4 is 11.7 Å². The number of anilines is 1. The largest absolute Gasteiger partial charge is 0.356 e. The molecular formula is C16H16FN5O. The van der Waals surface area contributed by atoms with E-state index in [0.29, 0.717) is 13.1 Å². The van der Waals surface area contributed by atoms with Crippen molar-refractivity contribution in [2.75, 3.05) is 18.0 Å². The van der Waals surface area contributed by atoms with E-state index in [9.17, 15) is 9.18 Å². The van der Waals surface area contributed by atoms with Gasteiger partial charge in [-0.15, -0.1) is 0 Å². The SMILES string of the molecule is Cc1nc2c(c(N3CCC3)n1)CN(C(=O)c1ccc(F)cn1)C2. The topological polar surface area (TPSA) is 62.2 Å². The Kier molecular flexibility index (Phi) is 3.21. The molecule has 4 heterocycles. The first-order valence-corrected chi connectivity index (χ1v) is 7.64. The van der Waals surface area contributed by atoms with Crippen LogP contribution in [0.5, 0.6) is 0 Å². The molecule has 2 aliphatic rings. The molecule has 4 rings (SSSR count). The van der Waals surface area contributed by atoms with Crippen LogP contribution in [-0.2, 0) is 13.1 Å². The van der Waals surface area contributed by atoms with Crippen LogP contribution in [0.25, 0.3) is 0 Å². The zero-order chi connectivity index (χ0) is 16.0. The molecule has 1 amide bonds. The van der Waals surface area contributed by atoms with E-state index in [-0.39, 0.29) is 11.6 Å². The van der Waals surface area contributed by atoms with Gasteiger partial charge in [0.05, 0.1) is 25.0 Å². The Morgan fingerprint density at radius 1 is 1.22 bits per heavy atom. The Balaban J connectivity index is 1.62. The molecule has 7 heteroatoms. The average molecular weight is 313 g/mol. The molecule has 0 radical (unpaired) electrons. The summed E-state index contributed by atoms with van der Waals surface area (Å²) >= 11 is 0. The summed E-state index contributed by atoms with van der Waals surface area (Å²) in [4.78, 5) is 29.4. The first-order valence-electron chi connectivity index (χ1n) is 7.64. The fourth-order valence-electron chi connectivity index (χ4n) is 2.96. The summed E-state index contributed by atoms with van der Waals surface area (Å²) in [6.45, 7) is 4.78. The maximum atomic E-state index is 13.0. The highest BCUT2D eigenvalue weighted by Crippen LogP contribution is 2.32. The Morgan fingerprint density at radius 3 is 2.70 bits per heavy atom. The molecule has 0 saturated carbocycles. The van der Waals surface area contributed by atoms with Gasteiger partial charge in [-0.3, -0.25) is 4.79 Å². The predicted molar refractivity (Wildman–Crippen MR) is 81.4 cm³/mol. The summed E-state index contributed by atoms with van der Waals surface area (Å²) in [7, 11) is 0. The van der Waals surface area contributed by atoms with Gasteiger partial charge >= 0.3 is 0 Å². The van der Waals surface area contributed by atoms with Crippen LogP contribution in [-0.4, -0.2) is 38.8 Å². The zero-order valence-electron chi connectivity index (χ0n) is 12.8. The molecule has 0 unspecified atom stereocenters. The predicted octanol–water partition coefficient (Wildman–Crippen LogP) is 1.69. The smallest absolute Gasteiger partial charge is 0.273 e. The number of nitrogens with zero attached hydrogens (tertiary/aromatic N) is 5. The van der Waals surface area contributed by atoms with Crippen molar-refractivity contribution < 1.29 is 9.18 Å². The third-order valence-corrected chi connectivity index (χ3v) is 4.26. The number of hydrogen-bond acceptors (Lipinski definition) is 5. The lowest BCUT2D eigenvalue weighted by atomic mass is 10.1. The number of rotatable bonds is 2. The molecule has 0 spiro atoms. The van der Waals surface area contributed by atoms with Crippen molar-refractivity contribution in [1.82, 2.24) is 19.9 Å². The molecule has 23 heavy (non-hydrogen) atoms. The van der Waals surface area contributed by atoms with E-state index in [1.165, 1.54) is 18.6 Å². The third-order valence-electron chi connectivity index (χ3n) is 4.26. The average Bonchev–Trinajstić information content (AvgIpc) is 2.89. The molecule has 2 aliphatic heterocycles. The first-order chi connectivity index (χ1) is 11.1. The monoisotopic (exact) mass is 313 g/mol. The summed E-state index contributed by atoms with van der Waals surface area (Å²) in [5.74, 6) is 1.00. The molecule has 6 nitrogen and oxygen atoms in total. The highest BCUT2D eigenvalue weighted by Gasteiger charge is 2.31. The van der Waals surface area contributed by atoms with E-state index < -0.39 is 5.82 Å². The van der Waals surface area contributed by atoms with E-state index in [1.807, 2.05) is 6.92 Å². The van der Waals surface area contributed by atoms with Crippen molar-refractivity contribution in [3.8, 4) is 0 Å². The minimum atomic E-state index is -0.451. The molecule has 0 N–H and O–H groups in total. The maximum absolute atomic E-state index is 13.0. The number of hydrogen-bond donors (Lipinski definition) is 0. The number of aromatic nitrogens is 3. The van der Waals surface area contributed by atoms with Crippen LogP contribution in [0.15, 0.2) is 18.3 Å². The molecule has 0 aromatic carbocycles. The summed E-state index contributed by atoms with van der Waals surface area (Å²) in [6.07, 6.45) is 2.23. The van der Waals surface area contributed by atoms with Crippen LogP contribution in [0.3, 0.4) is 0 Å². The van der Waals surface area contributed by atoms with Gasteiger partial charge in [-0.2, -0.15) is 0 Å². The molecule has 0 bridgehead atoms. The van der Waals surface area contributed by atoms with Crippen LogP contribution in [0, 0.1) is 12.7 Å². The Morgan fingerprint density at radius 2 is 2.04 bits per heavy atom. The van der Waals surface area contributed by atoms with Crippen molar-refractivity contribution in [2.45, 2.75) is 26.4 Å². The second kappa shape index (κ2) is 5.26. The molecule has 118 valence electrons. The standard InChI is InChI=1S/C16H16FN5O/c1-10-19-14-9-22(16(23)13-4-3-11(17)7-18-13)8-12(14)15(20-10)21-5-2-6-21/h3-4,7H,2,5-6,8-9H2,1H3. The molecule has 2 aromatic heterocycles. The summed E-state index contributed by atoms with van der Waals surface area (Å²) in [5.41, 5.74) is 2.16. The van der Waals surface area contributed by atoms with Gasteiger partial charge in [-0.1, -0.05) is 0 Å². The Hall–Kier alpha value is -2.57. The maximum Gasteiger partial charge on any atom is 0.273 e. The second-order valence-corrected chi connectivity index (χ2v) is 5.88. The van der Waals surface area contributed by atoms with Crippen LogP contribution in [0.4, 0.5) is 10.2 Å². The lowest BCUT2D eigenvalue weighted by Crippen LogP contribution is -2.38. The van der Waals surface area contributed by atoms with Crippen molar-refractivity contribution in [1.29, 1.82) is 0 Å². The molecule has 0 atom stereocenters. The lowest BCUT2D eigenvalue weighted by molar-refractivity contribution is 0.0744. The van der Waals surface area contributed by atoms with E-state index in [1.54, 1.807) is 4.90 Å². The quantitative estimate of drug-likeness (QED) is 0.844.